The van der Waals surface area contributed by atoms with E-state index < -0.39 is 0 Å². The molecule has 1 saturated carbocycles. The van der Waals surface area contributed by atoms with Gasteiger partial charge in [-0.2, -0.15) is 0 Å². The van der Waals surface area contributed by atoms with E-state index in [2.05, 4.69) is 27.7 Å². The number of rotatable bonds is 4. The van der Waals surface area contributed by atoms with Gasteiger partial charge in [-0.15, -0.1) is 0 Å². The molecule has 0 aromatic rings. The van der Waals surface area contributed by atoms with Crippen molar-refractivity contribution >= 4 is 0 Å². The predicted molar refractivity (Wildman–Crippen MR) is 73.8 cm³/mol. The van der Waals surface area contributed by atoms with Crippen LogP contribution in [0.15, 0.2) is 0 Å². The SMILES string of the molecule is CCCC1CCC(CN)(C(O)C(C)(C)C)CC1. The molecule has 1 rings (SSSR count). The highest BCUT2D eigenvalue weighted by Gasteiger charge is 2.44. The Morgan fingerprint density at radius 3 is 2.18 bits per heavy atom. The molecule has 0 heterocycles. The highest BCUT2D eigenvalue weighted by Crippen LogP contribution is 2.46. The van der Waals surface area contributed by atoms with Crippen molar-refractivity contribution in [2.24, 2.45) is 22.5 Å². The maximum atomic E-state index is 10.6. The van der Waals surface area contributed by atoms with Crippen molar-refractivity contribution in [3.8, 4) is 0 Å². The van der Waals surface area contributed by atoms with E-state index in [-0.39, 0.29) is 16.9 Å². The van der Waals surface area contributed by atoms with Gasteiger partial charge in [-0.3, -0.25) is 0 Å². The summed E-state index contributed by atoms with van der Waals surface area (Å²) in [7, 11) is 0. The third-order valence-corrected chi connectivity index (χ3v) is 4.60. The summed E-state index contributed by atoms with van der Waals surface area (Å²) >= 11 is 0. The van der Waals surface area contributed by atoms with Gasteiger partial charge in [-0.25, -0.2) is 0 Å². The van der Waals surface area contributed by atoms with Crippen molar-refractivity contribution < 1.29 is 5.11 Å². The van der Waals surface area contributed by atoms with Crippen LogP contribution >= 0.6 is 0 Å². The molecule has 0 amide bonds. The Labute approximate surface area is 107 Å². The van der Waals surface area contributed by atoms with Crippen molar-refractivity contribution in [3.63, 3.8) is 0 Å². The van der Waals surface area contributed by atoms with E-state index >= 15 is 0 Å². The molecule has 2 nitrogen and oxygen atoms in total. The fourth-order valence-electron chi connectivity index (χ4n) is 3.46. The summed E-state index contributed by atoms with van der Waals surface area (Å²) < 4.78 is 0. The Kier molecular flexibility index (Phi) is 5.03. The lowest BCUT2D eigenvalue weighted by Crippen LogP contribution is -2.50. The highest BCUT2D eigenvalue weighted by atomic mass is 16.3. The van der Waals surface area contributed by atoms with Gasteiger partial charge >= 0.3 is 0 Å². The molecule has 0 aliphatic heterocycles. The van der Waals surface area contributed by atoms with Gasteiger partial charge < -0.3 is 10.8 Å². The molecule has 1 atom stereocenters. The lowest BCUT2D eigenvalue weighted by atomic mass is 9.61. The maximum Gasteiger partial charge on any atom is 0.0656 e. The topological polar surface area (TPSA) is 46.2 Å². The minimum atomic E-state index is -0.275. The fourth-order valence-corrected chi connectivity index (χ4v) is 3.46. The van der Waals surface area contributed by atoms with Crippen molar-refractivity contribution in [2.45, 2.75) is 72.3 Å². The number of aliphatic hydroxyl groups is 1. The largest absolute Gasteiger partial charge is 0.392 e. The minimum absolute atomic E-state index is 0.0253. The van der Waals surface area contributed by atoms with E-state index in [0.717, 1.165) is 18.8 Å². The zero-order valence-corrected chi connectivity index (χ0v) is 12.1. The summed E-state index contributed by atoms with van der Waals surface area (Å²) in [6.07, 6.45) is 7.05. The Morgan fingerprint density at radius 1 is 1.29 bits per heavy atom. The molecule has 1 aliphatic carbocycles. The summed E-state index contributed by atoms with van der Waals surface area (Å²) in [6, 6.07) is 0. The molecule has 0 bridgehead atoms. The molecule has 1 unspecified atom stereocenters. The zero-order chi connectivity index (χ0) is 13.1. The summed E-state index contributed by atoms with van der Waals surface area (Å²) in [5.41, 5.74) is 5.91. The van der Waals surface area contributed by atoms with E-state index in [0.29, 0.717) is 6.54 Å². The average molecular weight is 241 g/mol. The van der Waals surface area contributed by atoms with Gasteiger partial charge in [0.1, 0.15) is 0 Å². The molecule has 0 aromatic heterocycles. The van der Waals surface area contributed by atoms with Crippen LogP contribution in [0.3, 0.4) is 0 Å². The third-order valence-electron chi connectivity index (χ3n) is 4.60. The molecule has 0 aromatic carbocycles. The van der Waals surface area contributed by atoms with Gasteiger partial charge in [0, 0.05) is 12.0 Å². The average Bonchev–Trinajstić information content (AvgIpc) is 2.29. The maximum absolute atomic E-state index is 10.6. The fraction of sp³-hybridized carbons (Fsp3) is 1.00. The molecule has 102 valence electrons. The number of aliphatic hydroxyl groups excluding tert-OH is 1. The van der Waals surface area contributed by atoms with Gasteiger partial charge in [0.05, 0.1) is 6.10 Å². The van der Waals surface area contributed by atoms with Crippen LogP contribution < -0.4 is 5.73 Å². The van der Waals surface area contributed by atoms with Crippen molar-refractivity contribution in [2.75, 3.05) is 6.54 Å². The van der Waals surface area contributed by atoms with E-state index in [9.17, 15) is 5.11 Å². The van der Waals surface area contributed by atoms with E-state index in [1.54, 1.807) is 0 Å². The predicted octanol–water partition coefficient (Wildman–Crippen LogP) is 3.33. The van der Waals surface area contributed by atoms with Crippen LogP contribution in [-0.2, 0) is 0 Å². The second-order valence-corrected chi connectivity index (χ2v) is 7.07. The van der Waals surface area contributed by atoms with Gasteiger partial charge in [0.25, 0.3) is 0 Å². The molecular formula is C15H31NO. The van der Waals surface area contributed by atoms with Gasteiger partial charge in [0.2, 0.25) is 0 Å². The number of hydrogen-bond acceptors (Lipinski definition) is 2. The Morgan fingerprint density at radius 2 is 1.82 bits per heavy atom. The minimum Gasteiger partial charge on any atom is -0.392 e. The first kappa shape index (κ1) is 15.0. The summed E-state index contributed by atoms with van der Waals surface area (Å²) in [5.74, 6) is 0.867. The molecule has 3 N–H and O–H groups in total. The molecule has 2 heteroatoms. The molecule has 1 aliphatic rings. The van der Waals surface area contributed by atoms with Crippen LogP contribution in [0.2, 0.25) is 0 Å². The van der Waals surface area contributed by atoms with Crippen molar-refractivity contribution in [1.29, 1.82) is 0 Å². The van der Waals surface area contributed by atoms with Crippen molar-refractivity contribution in [3.05, 3.63) is 0 Å². The standard InChI is InChI=1S/C15H31NO/c1-5-6-12-7-9-15(11-16,10-8-12)13(17)14(2,3)4/h12-13,17H,5-11,16H2,1-4H3. The van der Waals surface area contributed by atoms with E-state index in [4.69, 9.17) is 5.73 Å². The zero-order valence-electron chi connectivity index (χ0n) is 12.1. The smallest absolute Gasteiger partial charge is 0.0656 e. The Balaban J connectivity index is 2.67. The third kappa shape index (κ3) is 3.45. The molecular weight excluding hydrogens is 210 g/mol. The van der Waals surface area contributed by atoms with Crippen LogP contribution in [-0.4, -0.2) is 17.8 Å². The lowest BCUT2D eigenvalue weighted by molar-refractivity contribution is -0.0714. The number of nitrogens with two attached hydrogens (primary N) is 1. The van der Waals surface area contributed by atoms with Crippen LogP contribution in [0.25, 0.3) is 0 Å². The van der Waals surface area contributed by atoms with Gasteiger partial charge in [0.15, 0.2) is 0 Å². The first-order valence-electron chi connectivity index (χ1n) is 7.24. The summed E-state index contributed by atoms with van der Waals surface area (Å²) in [6.45, 7) is 9.24. The van der Waals surface area contributed by atoms with Crippen molar-refractivity contribution in [1.82, 2.24) is 0 Å². The molecule has 0 saturated heterocycles. The molecule has 17 heavy (non-hydrogen) atoms. The molecule has 1 fully saturated rings. The van der Waals surface area contributed by atoms with Gasteiger partial charge in [-0.05, 0) is 37.0 Å². The monoisotopic (exact) mass is 241 g/mol. The van der Waals surface area contributed by atoms with Crippen LogP contribution in [0.1, 0.15) is 66.2 Å². The van der Waals surface area contributed by atoms with Crippen LogP contribution in [0.4, 0.5) is 0 Å². The van der Waals surface area contributed by atoms with Gasteiger partial charge in [-0.1, -0.05) is 40.5 Å². The van der Waals surface area contributed by atoms with E-state index in [1.807, 2.05) is 0 Å². The number of hydrogen-bond donors (Lipinski definition) is 2. The lowest BCUT2D eigenvalue weighted by Gasteiger charge is -2.47. The summed E-state index contributed by atoms with van der Waals surface area (Å²) in [5, 5.41) is 10.6. The molecule has 0 radical (unpaired) electrons. The van der Waals surface area contributed by atoms with E-state index in [1.165, 1.54) is 25.7 Å². The summed E-state index contributed by atoms with van der Waals surface area (Å²) in [4.78, 5) is 0. The van der Waals surface area contributed by atoms with Crippen LogP contribution in [0.5, 0.6) is 0 Å². The molecule has 0 spiro atoms. The Bertz CT molecular complexity index is 224. The highest BCUT2D eigenvalue weighted by molar-refractivity contribution is 4.96. The second-order valence-electron chi connectivity index (χ2n) is 7.07. The first-order valence-corrected chi connectivity index (χ1v) is 7.24. The Hall–Kier alpha value is -0.0800. The second kappa shape index (κ2) is 5.71. The quantitative estimate of drug-likeness (QED) is 0.793. The normalized spacial score (nSPS) is 32.5. The van der Waals surface area contributed by atoms with Crippen LogP contribution in [0, 0.1) is 16.7 Å². The first-order chi connectivity index (χ1) is 7.85.